The predicted octanol–water partition coefficient (Wildman–Crippen LogP) is 0.120. The summed E-state index contributed by atoms with van der Waals surface area (Å²) in [5, 5.41) is 5.28. The van der Waals surface area contributed by atoms with E-state index in [4.69, 9.17) is 14.2 Å². The Morgan fingerprint density at radius 2 is 1.58 bits per heavy atom. The number of rotatable bonds is 9. The van der Waals surface area contributed by atoms with Crippen LogP contribution in [0.15, 0.2) is 12.1 Å². The topological polar surface area (TPSA) is 89.1 Å². The van der Waals surface area contributed by atoms with Gasteiger partial charge in [0, 0.05) is 18.7 Å². The molecular weight excluding hydrogens is 314 g/mol. The molecule has 24 heavy (non-hydrogen) atoms. The van der Waals surface area contributed by atoms with Gasteiger partial charge in [-0.25, -0.2) is 0 Å². The molecule has 2 N–H and O–H groups in total. The number of carbonyl (C=O) groups excluding carboxylic acids is 2. The van der Waals surface area contributed by atoms with E-state index in [0.29, 0.717) is 29.4 Å². The highest BCUT2D eigenvalue weighted by atomic mass is 16.5. The Kier molecular flexibility index (Phi) is 7.84. The van der Waals surface area contributed by atoms with Crippen LogP contribution in [0.1, 0.15) is 10.4 Å². The lowest BCUT2D eigenvalue weighted by Gasteiger charge is -2.14. The SMILES string of the molecule is COc1cc(C(=O)NCC(=O)NCCN(C)C)cc(OC)c1OC. The van der Waals surface area contributed by atoms with Gasteiger partial charge >= 0.3 is 0 Å². The lowest BCUT2D eigenvalue weighted by Crippen LogP contribution is -2.39. The van der Waals surface area contributed by atoms with Crippen LogP contribution in [0, 0.1) is 0 Å². The van der Waals surface area contributed by atoms with Crippen molar-refractivity contribution in [2.24, 2.45) is 0 Å². The number of nitrogens with one attached hydrogen (secondary N) is 2. The number of hydrogen-bond acceptors (Lipinski definition) is 6. The number of likely N-dealkylation sites (N-methyl/N-ethyl adjacent to an activating group) is 1. The quantitative estimate of drug-likeness (QED) is 0.664. The minimum atomic E-state index is -0.406. The molecule has 0 saturated heterocycles. The molecule has 0 bridgehead atoms. The number of methoxy groups -OCH3 is 3. The second-order valence-corrected chi connectivity index (χ2v) is 5.25. The summed E-state index contributed by atoms with van der Waals surface area (Å²) in [4.78, 5) is 25.9. The molecule has 0 saturated carbocycles. The zero-order valence-electron chi connectivity index (χ0n) is 14.8. The summed E-state index contributed by atoms with van der Waals surface area (Å²) in [5.74, 6) is 0.488. The molecule has 0 atom stereocenters. The Morgan fingerprint density at radius 1 is 1.00 bits per heavy atom. The van der Waals surface area contributed by atoms with E-state index in [1.807, 2.05) is 19.0 Å². The van der Waals surface area contributed by atoms with E-state index < -0.39 is 5.91 Å². The molecule has 8 nitrogen and oxygen atoms in total. The van der Waals surface area contributed by atoms with Gasteiger partial charge in [0.05, 0.1) is 27.9 Å². The van der Waals surface area contributed by atoms with Crippen LogP contribution in [0.2, 0.25) is 0 Å². The van der Waals surface area contributed by atoms with E-state index in [9.17, 15) is 9.59 Å². The molecule has 0 aliphatic rings. The van der Waals surface area contributed by atoms with Crippen LogP contribution in [-0.2, 0) is 4.79 Å². The lowest BCUT2D eigenvalue weighted by molar-refractivity contribution is -0.120. The minimum absolute atomic E-state index is 0.108. The highest BCUT2D eigenvalue weighted by molar-refractivity contribution is 5.97. The molecule has 0 aliphatic heterocycles. The molecule has 0 radical (unpaired) electrons. The van der Waals surface area contributed by atoms with Crippen LogP contribution in [0.3, 0.4) is 0 Å². The zero-order chi connectivity index (χ0) is 18.1. The van der Waals surface area contributed by atoms with Crippen LogP contribution in [0.4, 0.5) is 0 Å². The van der Waals surface area contributed by atoms with Crippen molar-refractivity contribution in [1.82, 2.24) is 15.5 Å². The molecule has 0 spiro atoms. The molecular formula is C16H25N3O5. The van der Waals surface area contributed by atoms with Gasteiger partial charge in [-0.15, -0.1) is 0 Å². The Balaban J connectivity index is 2.69. The molecule has 0 aliphatic carbocycles. The van der Waals surface area contributed by atoms with Crippen molar-refractivity contribution in [2.45, 2.75) is 0 Å². The van der Waals surface area contributed by atoms with Crippen LogP contribution in [0.25, 0.3) is 0 Å². The summed E-state index contributed by atoms with van der Waals surface area (Å²) in [6, 6.07) is 3.06. The fourth-order valence-corrected chi connectivity index (χ4v) is 1.96. The first kappa shape index (κ1) is 19.6. The van der Waals surface area contributed by atoms with Gasteiger partial charge in [-0.05, 0) is 26.2 Å². The van der Waals surface area contributed by atoms with Crippen LogP contribution < -0.4 is 24.8 Å². The van der Waals surface area contributed by atoms with E-state index in [1.165, 1.54) is 33.5 Å². The van der Waals surface area contributed by atoms with Crippen molar-refractivity contribution in [3.8, 4) is 17.2 Å². The minimum Gasteiger partial charge on any atom is -0.493 e. The van der Waals surface area contributed by atoms with Gasteiger partial charge in [-0.3, -0.25) is 9.59 Å². The van der Waals surface area contributed by atoms with Crippen molar-refractivity contribution < 1.29 is 23.8 Å². The van der Waals surface area contributed by atoms with Gasteiger partial charge in [-0.1, -0.05) is 0 Å². The van der Waals surface area contributed by atoms with Gasteiger partial charge in [0.2, 0.25) is 11.7 Å². The summed E-state index contributed by atoms with van der Waals surface area (Å²) >= 11 is 0. The average molecular weight is 339 g/mol. The molecule has 1 rings (SSSR count). The predicted molar refractivity (Wildman–Crippen MR) is 90.0 cm³/mol. The maximum atomic E-state index is 12.2. The third-order valence-electron chi connectivity index (χ3n) is 3.22. The smallest absolute Gasteiger partial charge is 0.251 e. The first-order valence-corrected chi connectivity index (χ1v) is 7.42. The largest absolute Gasteiger partial charge is 0.493 e. The third kappa shape index (κ3) is 5.62. The first-order valence-electron chi connectivity index (χ1n) is 7.42. The van der Waals surface area contributed by atoms with E-state index in [-0.39, 0.29) is 12.5 Å². The first-order chi connectivity index (χ1) is 11.4. The molecule has 2 amide bonds. The lowest BCUT2D eigenvalue weighted by atomic mass is 10.1. The standard InChI is InChI=1S/C16H25N3O5/c1-19(2)7-6-17-14(20)10-18-16(21)11-8-12(22-3)15(24-5)13(9-11)23-4/h8-9H,6-7,10H2,1-5H3,(H,17,20)(H,18,21). The fraction of sp³-hybridized carbons (Fsp3) is 0.500. The number of hydrogen-bond donors (Lipinski definition) is 2. The van der Waals surface area contributed by atoms with Crippen LogP contribution in [-0.4, -0.2) is 71.8 Å². The zero-order valence-corrected chi connectivity index (χ0v) is 14.8. The molecule has 0 heterocycles. The van der Waals surface area contributed by atoms with Crippen LogP contribution in [0.5, 0.6) is 17.2 Å². The Labute approximate surface area is 142 Å². The number of carbonyl (C=O) groups is 2. The third-order valence-corrected chi connectivity index (χ3v) is 3.22. The highest BCUT2D eigenvalue weighted by Crippen LogP contribution is 2.38. The molecule has 1 aromatic carbocycles. The molecule has 0 unspecified atom stereocenters. The van der Waals surface area contributed by atoms with Gasteiger partial charge in [0.25, 0.3) is 5.91 Å². The van der Waals surface area contributed by atoms with Crippen molar-refractivity contribution in [2.75, 3.05) is 55.1 Å². The molecule has 0 fully saturated rings. The van der Waals surface area contributed by atoms with Gasteiger partial charge < -0.3 is 29.7 Å². The molecule has 8 heteroatoms. The van der Waals surface area contributed by atoms with Crippen molar-refractivity contribution in [3.05, 3.63) is 17.7 Å². The summed E-state index contributed by atoms with van der Waals surface area (Å²) in [6.07, 6.45) is 0. The Hall–Kier alpha value is -2.48. The maximum absolute atomic E-state index is 12.2. The molecule has 1 aromatic rings. The normalized spacial score (nSPS) is 10.2. The summed E-state index contributed by atoms with van der Waals surface area (Å²) in [5.41, 5.74) is 0.311. The average Bonchev–Trinajstić information content (AvgIpc) is 2.57. The highest BCUT2D eigenvalue weighted by Gasteiger charge is 2.17. The van der Waals surface area contributed by atoms with E-state index in [2.05, 4.69) is 10.6 Å². The maximum Gasteiger partial charge on any atom is 0.251 e. The summed E-state index contributed by atoms with van der Waals surface area (Å²) in [6.45, 7) is 1.14. The van der Waals surface area contributed by atoms with Gasteiger partial charge in [-0.2, -0.15) is 0 Å². The van der Waals surface area contributed by atoms with Crippen molar-refractivity contribution >= 4 is 11.8 Å². The fourth-order valence-electron chi connectivity index (χ4n) is 1.96. The van der Waals surface area contributed by atoms with Crippen LogP contribution >= 0.6 is 0 Å². The monoisotopic (exact) mass is 339 g/mol. The van der Waals surface area contributed by atoms with E-state index in [0.717, 1.165) is 6.54 Å². The molecule has 134 valence electrons. The van der Waals surface area contributed by atoms with E-state index in [1.54, 1.807) is 0 Å². The van der Waals surface area contributed by atoms with Gasteiger partial charge in [0.1, 0.15) is 0 Å². The molecule has 0 aromatic heterocycles. The Morgan fingerprint density at radius 3 is 2.04 bits per heavy atom. The van der Waals surface area contributed by atoms with Crippen molar-refractivity contribution in [3.63, 3.8) is 0 Å². The number of amides is 2. The summed E-state index contributed by atoms with van der Waals surface area (Å²) in [7, 11) is 8.25. The number of ether oxygens (including phenoxy) is 3. The van der Waals surface area contributed by atoms with E-state index >= 15 is 0 Å². The Bertz CT molecular complexity index is 550. The summed E-state index contributed by atoms with van der Waals surface area (Å²) < 4.78 is 15.6. The van der Waals surface area contributed by atoms with Crippen molar-refractivity contribution in [1.29, 1.82) is 0 Å². The number of nitrogens with zero attached hydrogens (tertiary/aromatic N) is 1. The number of benzene rings is 1. The van der Waals surface area contributed by atoms with Gasteiger partial charge in [0.15, 0.2) is 11.5 Å². The second-order valence-electron chi connectivity index (χ2n) is 5.25. The second kappa shape index (κ2) is 9.61.